The number of carbonyl (C=O) groups is 1. The van der Waals surface area contributed by atoms with Gasteiger partial charge in [-0.15, -0.1) is 0 Å². The average molecular weight is 295 g/mol. The van der Waals surface area contributed by atoms with Crippen LogP contribution in [-0.4, -0.2) is 23.6 Å². The third-order valence-electron chi connectivity index (χ3n) is 2.74. The van der Waals surface area contributed by atoms with Crippen LogP contribution in [0.25, 0.3) is 11.1 Å². The van der Waals surface area contributed by atoms with Crippen LogP contribution >= 0.6 is 0 Å². The quantitative estimate of drug-likeness (QED) is 0.914. The Morgan fingerprint density at radius 3 is 2.71 bits per heavy atom. The minimum Gasteiger partial charge on any atom is -0.397 e. The maximum absolute atomic E-state index is 12.1. The van der Waals surface area contributed by atoms with Crippen LogP contribution < -0.4 is 11.1 Å². The highest BCUT2D eigenvalue weighted by atomic mass is 19.4. The number of rotatable bonds is 3. The second kappa shape index (κ2) is 5.82. The number of carbonyl (C=O) groups excluding carboxylic acids is 1. The number of benzene rings is 1. The molecule has 0 unspecified atom stereocenters. The predicted octanol–water partition coefficient (Wildman–Crippen LogP) is 2.62. The summed E-state index contributed by atoms with van der Waals surface area (Å²) in [5.74, 6) is -0.790. The van der Waals surface area contributed by atoms with Crippen LogP contribution in [0, 0.1) is 0 Å². The van der Waals surface area contributed by atoms with Gasteiger partial charge in [-0.25, -0.2) is 0 Å². The molecule has 2 rings (SSSR count). The highest BCUT2D eigenvalue weighted by Crippen LogP contribution is 2.25. The lowest BCUT2D eigenvalue weighted by molar-refractivity contribution is -0.123. The Bertz CT molecular complexity index is 656. The first-order valence-electron chi connectivity index (χ1n) is 6.02. The first kappa shape index (κ1) is 14.8. The Balaban J connectivity index is 2.22. The van der Waals surface area contributed by atoms with Crippen LogP contribution in [0.1, 0.15) is 10.4 Å². The number of amides is 1. The van der Waals surface area contributed by atoms with E-state index in [2.05, 4.69) is 4.98 Å². The van der Waals surface area contributed by atoms with Crippen molar-refractivity contribution in [1.82, 2.24) is 10.3 Å². The first-order valence-corrected chi connectivity index (χ1v) is 6.02. The second-order valence-electron chi connectivity index (χ2n) is 4.34. The van der Waals surface area contributed by atoms with Crippen molar-refractivity contribution in [2.75, 3.05) is 12.3 Å². The molecule has 0 spiro atoms. The molecule has 21 heavy (non-hydrogen) atoms. The fourth-order valence-electron chi connectivity index (χ4n) is 1.78. The van der Waals surface area contributed by atoms with E-state index < -0.39 is 18.6 Å². The van der Waals surface area contributed by atoms with Crippen molar-refractivity contribution < 1.29 is 18.0 Å². The maximum Gasteiger partial charge on any atom is 0.405 e. The number of hydrogen-bond acceptors (Lipinski definition) is 3. The van der Waals surface area contributed by atoms with Gasteiger partial charge in [0, 0.05) is 17.3 Å². The zero-order valence-electron chi connectivity index (χ0n) is 10.8. The van der Waals surface area contributed by atoms with E-state index in [9.17, 15) is 18.0 Å². The first-order chi connectivity index (χ1) is 9.87. The van der Waals surface area contributed by atoms with Crippen LogP contribution in [0.15, 0.2) is 42.7 Å². The largest absolute Gasteiger partial charge is 0.405 e. The zero-order chi connectivity index (χ0) is 15.5. The minimum atomic E-state index is -4.44. The van der Waals surface area contributed by atoms with E-state index in [1.165, 1.54) is 18.3 Å². The van der Waals surface area contributed by atoms with E-state index in [0.29, 0.717) is 16.8 Å². The number of pyridine rings is 1. The average Bonchev–Trinajstić information content (AvgIpc) is 2.44. The van der Waals surface area contributed by atoms with E-state index in [1.807, 2.05) is 5.32 Å². The van der Waals surface area contributed by atoms with Crippen molar-refractivity contribution in [3.63, 3.8) is 0 Å². The molecule has 2 aromatic rings. The van der Waals surface area contributed by atoms with Crippen LogP contribution in [0.5, 0.6) is 0 Å². The molecule has 0 aliphatic carbocycles. The van der Waals surface area contributed by atoms with Crippen molar-refractivity contribution in [3.05, 3.63) is 48.3 Å². The maximum atomic E-state index is 12.1. The van der Waals surface area contributed by atoms with Crippen molar-refractivity contribution in [3.8, 4) is 11.1 Å². The van der Waals surface area contributed by atoms with Gasteiger partial charge in [0.25, 0.3) is 5.91 Å². The van der Waals surface area contributed by atoms with Crippen molar-refractivity contribution in [2.45, 2.75) is 6.18 Å². The summed E-state index contributed by atoms with van der Waals surface area (Å²) in [6.07, 6.45) is -1.43. The second-order valence-corrected chi connectivity index (χ2v) is 4.34. The summed E-state index contributed by atoms with van der Waals surface area (Å²) in [6.45, 7) is -1.37. The van der Waals surface area contributed by atoms with Gasteiger partial charge >= 0.3 is 6.18 Å². The van der Waals surface area contributed by atoms with Gasteiger partial charge in [0.05, 0.1) is 11.9 Å². The lowest BCUT2D eigenvalue weighted by atomic mass is 10.0. The Hall–Kier alpha value is -2.57. The molecule has 3 N–H and O–H groups in total. The van der Waals surface area contributed by atoms with Gasteiger partial charge in [-0.05, 0) is 23.8 Å². The van der Waals surface area contributed by atoms with E-state index in [-0.39, 0.29) is 5.56 Å². The highest BCUT2D eigenvalue weighted by Gasteiger charge is 2.27. The van der Waals surface area contributed by atoms with Crippen LogP contribution in [0.3, 0.4) is 0 Å². The van der Waals surface area contributed by atoms with E-state index in [4.69, 9.17) is 5.73 Å². The lowest BCUT2D eigenvalue weighted by Crippen LogP contribution is -2.33. The molecule has 0 bridgehead atoms. The molecule has 7 heteroatoms. The highest BCUT2D eigenvalue weighted by molar-refractivity contribution is 5.95. The van der Waals surface area contributed by atoms with Crippen LogP contribution in [0.2, 0.25) is 0 Å². The monoisotopic (exact) mass is 295 g/mol. The fraction of sp³-hybridized carbons (Fsp3) is 0.143. The number of halogens is 3. The van der Waals surface area contributed by atoms with Gasteiger partial charge in [-0.2, -0.15) is 13.2 Å². The Morgan fingerprint density at radius 1 is 1.29 bits per heavy atom. The molecule has 0 radical (unpaired) electrons. The van der Waals surface area contributed by atoms with E-state index >= 15 is 0 Å². The molecule has 0 aliphatic rings. The van der Waals surface area contributed by atoms with Gasteiger partial charge in [-0.1, -0.05) is 12.1 Å². The van der Waals surface area contributed by atoms with Crippen LogP contribution in [0.4, 0.5) is 18.9 Å². The Labute approximate surface area is 118 Å². The number of alkyl halides is 3. The van der Waals surface area contributed by atoms with Gasteiger partial charge in [0.2, 0.25) is 0 Å². The fourth-order valence-corrected chi connectivity index (χ4v) is 1.78. The number of nitrogen functional groups attached to an aromatic ring is 1. The number of nitrogens with zero attached hydrogens (tertiary/aromatic N) is 1. The molecule has 0 fully saturated rings. The summed E-state index contributed by atoms with van der Waals surface area (Å²) in [6, 6.07) is 7.88. The predicted molar refractivity (Wildman–Crippen MR) is 72.5 cm³/mol. The molecule has 0 saturated heterocycles. The molecule has 0 saturated carbocycles. The molecule has 1 heterocycles. The summed E-state index contributed by atoms with van der Waals surface area (Å²) in [5.41, 5.74) is 7.63. The van der Waals surface area contributed by atoms with E-state index in [1.54, 1.807) is 24.4 Å². The molecule has 0 atom stereocenters. The molecule has 1 aromatic heterocycles. The number of aromatic nitrogens is 1. The Kier molecular flexibility index (Phi) is 4.11. The third-order valence-corrected chi connectivity index (χ3v) is 2.74. The SMILES string of the molecule is Nc1cnccc1-c1cccc(C(=O)NCC(F)(F)F)c1. The third kappa shape index (κ3) is 3.95. The molecule has 0 aliphatic heterocycles. The number of anilines is 1. The zero-order valence-corrected chi connectivity index (χ0v) is 10.8. The summed E-state index contributed by atoms with van der Waals surface area (Å²) in [5, 5.41) is 1.82. The van der Waals surface area contributed by atoms with Crippen molar-refractivity contribution in [2.24, 2.45) is 0 Å². The minimum absolute atomic E-state index is 0.132. The number of nitrogens with two attached hydrogens (primary N) is 1. The molecule has 110 valence electrons. The number of hydrogen-bond donors (Lipinski definition) is 2. The number of nitrogens with one attached hydrogen (secondary N) is 1. The van der Waals surface area contributed by atoms with Crippen LogP contribution in [-0.2, 0) is 0 Å². The molecular weight excluding hydrogens is 283 g/mol. The molecule has 4 nitrogen and oxygen atoms in total. The van der Waals surface area contributed by atoms with Gasteiger partial charge < -0.3 is 11.1 Å². The summed E-state index contributed by atoms with van der Waals surface area (Å²) in [7, 11) is 0. The molecule has 1 aromatic carbocycles. The molecular formula is C14H12F3N3O. The van der Waals surface area contributed by atoms with Crippen molar-refractivity contribution in [1.29, 1.82) is 0 Å². The van der Waals surface area contributed by atoms with Crippen molar-refractivity contribution >= 4 is 11.6 Å². The molecule has 1 amide bonds. The van der Waals surface area contributed by atoms with Gasteiger partial charge in [-0.3, -0.25) is 9.78 Å². The summed E-state index contributed by atoms with van der Waals surface area (Å²) >= 11 is 0. The Morgan fingerprint density at radius 2 is 2.05 bits per heavy atom. The summed E-state index contributed by atoms with van der Waals surface area (Å²) in [4.78, 5) is 15.6. The van der Waals surface area contributed by atoms with Gasteiger partial charge in [0.15, 0.2) is 0 Å². The smallest absolute Gasteiger partial charge is 0.397 e. The lowest BCUT2D eigenvalue weighted by Gasteiger charge is -2.10. The normalized spacial score (nSPS) is 11.2. The topological polar surface area (TPSA) is 68.0 Å². The van der Waals surface area contributed by atoms with Gasteiger partial charge in [0.1, 0.15) is 6.54 Å². The standard InChI is InChI=1S/C14H12F3N3O/c15-14(16,17)8-20-13(21)10-3-1-2-9(6-10)11-4-5-19-7-12(11)18/h1-7H,8,18H2,(H,20,21). The summed E-state index contributed by atoms with van der Waals surface area (Å²) < 4.78 is 36.3. The van der Waals surface area contributed by atoms with E-state index in [0.717, 1.165) is 0 Å².